The summed E-state index contributed by atoms with van der Waals surface area (Å²) < 4.78 is 68.1. The number of halogens is 3. The Morgan fingerprint density at radius 2 is 1.92 bits per heavy atom. The van der Waals surface area contributed by atoms with Gasteiger partial charge in [0.2, 0.25) is 10.0 Å². The van der Waals surface area contributed by atoms with Crippen molar-refractivity contribution in [2.75, 3.05) is 12.3 Å². The van der Waals surface area contributed by atoms with Gasteiger partial charge in [0.05, 0.1) is 12.2 Å². The van der Waals surface area contributed by atoms with E-state index in [1.807, 2.05) is 0 Å². The van der Waals surface area contributed by atoms with Crippen molar-refractivity contribution in [2.24, 2.45) is 0 Å². The van der Waals surface area contributed by atoms with E-state index in [9.17, 15) is 21.6 Å². The van der Waals surface area contributed by atoms with E-state index in [0.717, 1.165) is 16.4 Å². The fourth-order valence-electron chi connectivity index (χ4n) is 2.57. The second-order valence-electron chi connectivity index (χ2n) is 5.27. The average Bonchev–Trinajstić information content (AvgIpc) is 2.53. The van der Waals surface area contributed by atoms with Gasteiger partial charge in [-0.25, -0.2) is 18.4 Å². The summed E-state index contributed by atoms with van der Waals surface area (Å²) in [6.45, 7) is -0.0575. The van der Waals surface area contributed by atoms with Gasteiger partial charge in [-0.15, -0.1) is 13.2 Å². The zero-order valence-corrected chi connectivity index (χ0v) is 13.5. The second-order valence-corrected chi connectivity index (χ2v) is 7.17. The fraction of sp³-hybridized carbons (Fsp3) is 0.286. The highest BCUT2D eigenvalue weighted by Gasteiger charge is 2.36. The van der Waals surface area contributed by atoms with Gasteiger partial charge in [-0.1, -0.05) is 12.1 Å². The first kappa shape index (κ1) is 17.4. The second kappa shape index (κ2) is 6.15. The maximum Gasteiger partial charge on any atom is 0.573 e. The molecule has 2 heterocycles. The molecule has 0 unspecified atom stereocenters. The highest BCUT2D eigenvalue weighted by molar-refractivity contribution is 7.89. The van der Waals surface area contributed by atoms with Gasteiger partial charge in [-0.05, 0) is 18.6 Å². The maximum absolute atomic E-state index is 12.8. The molecule has 0 atom stereocenters. The Bertz CT molecular complexity index is 902. The summed E-state index contributed by atoms with van der Waals surface area (Å²) >= 11 is 0. The van der Waals surface area contributed by atoms with E-state index in [0.29, 0.717) is 11.3 Å². The number of nitrogen functional groups attached to an aromatic ring is 1. The molecular weight excluding hydrogens is 361 g/mol. The van der Waals surface area contributed by atoms with Crippen molar-refractivity contribution >= 4 is 15.8 Å². The minimum atomic E-state index is -5.00. The SMILES string of the molecule is Nc1ncnc2c1CCN(S(=O)(=O)c1ccccc1OC(F)(F)F)C2. The third kappa shape index (κ3) is 3.51. The lowest BCUT2D eigenvalue weighted by Crippen LogP contribution is -2.37. The summed E-state index contributed by atoms with van der Waals surface area (Å²) in [7, 11) is -4.21. The van der Waals surface area contributed by atoms with Gasteiger partial charge in [-0.2, -0.15) is 4.31 Å². The van der Waals surface area contributed by atoms with Gasteiger partial charge in [-0.3, -0.25) is 0 Å². The molecule has 25 heavy (non-hydrogen) atoms. The van der Waals surface area contributed by atoms with Crippen molar-refractivity contribution in [3.05, 3.63) is 41.9 Å². The van der Waals surface area contributed by atoms with Crippen LogP contribution in [0.25, 0.3) is 0 Å². The standard InChI is InChI=1S/C14H13F3N4O3S/c15-14(16,17)24-11-3-1-2-4-12(11)25(22,23)21-6-5-9-10(7-21)19-8-20-13(9)18/h1-4,8H,5-7H2,(H2,18,19,20). The van der Waals surface area contributed by atoms with Crippen LogP contribution in [0.4, 0.5) is 19.0 Å². The van der Waals surface area contributed by atoms with E-state index < -0.39 is 27.0 Å². The normalized spacial score (nSPS) is 15.6. The lowest BCUT2D eigenvalue weighted by atomic mass is 10.1. The molecule has 7 nitrogen and oxygen atoms in total. The Labute approximate surface area is 141 Å². The molecule has 1 aliphatic rings. The predicted molar refractivity (Wildman–Crippen MR) is 80.9 cm³/mol. The summed E-state index contributed by atoms with van der Waals surface area (Å²) in [5.41, 5.74) is 6.81. The lowest BCUT2D eigenvalue weighted by Gasteiger charge is -2.28. The van der Waals surface area contributed by atoms with Crippen LogP contribution in [0.3, 0.4) is 0 Å². The van der Waals surface area contributed by atoms with Crippen LogP contribution in [0, 0.1) is 0 Å². The van der Waals surface area contributed by atoms with Crippen LogP contribution < -0.4 is 10.5 Å². The summed E-state index contributed by atoms with van der Waals surface area (Å²) in [6, 6.07) is 4.62. The van der Waals surface area contributed by atoms with Crippen LogP contribution in [-0.2, 0) is 23.0 Å². The van der Waals surface area contributed by atoms with E-state index in [2.05, 4.69) is 14.7 Å². The minimum absolute atomic E-state index is 0.0489. The van der Waals surface area contributed by atoms with Crippen LogP contribution in [0.15, 0.2) is 35.5 Å². The number of alkyl halides is 3. The van der Waals surface area contributed by atoms with Gasteiger partial charge in [0.25, 0.3) is 0 Å². The van der Waals surface area contributed by atoms with Crippen LogP contribution in [0.1, 0.15) is 11.3 Å². The number of hydrogen-bond donors (Lipinski definition) is 1. The first-order valence-corrected chi connectivity index (χ1v) is 8.55. The van der Waals surface area contributed by atoms with E-state index in [-0.39, 0.29) is 25.3 Å². The molecule has 1 aromatic carbocycles. The molecule has 1 aliphatic heterocycles. The Balaban J connectivity index is 1.96. The van der Waals surface area contributed by atoms with Crippen molar-refractivity contribution in [1.82, 2.24) is 14.3 Å². The zero-order chi connectivity index (χ0) is 18.2. The van der Waals surface area contributed by atoms with Crippen molar-refractivity contribution < 1.29 is 26.3 Å². The molecule has 2 aromatic rings. The number of ether oxygens (including phenoxy) is 1. The first-order valence-electron chi connectivity index (χ1n) is 7.11. The molecule has 0 bridgehead atoms. The Morgan fingerprint density at radius 1 is 1.20 bits per heavy atom. The van der Waals surface area contributed by atoms with Gasteiger partial charge in [0, 0.05) is 12.1 Å². The van der Waals surface area contributed by atoms with E-state index in [1.165, 1.54) is 18.5 Å². The van der Waals surface area contributed by atoms with Gasteiger partial charge in [0.1, 0.15) is 22.8 Å². The number of aromatic nitrogens is 2. The summed E-state index contributed by atoms with van der Waals surface area (Å²) in [5, 5.41) is 0. The molecule has 2 N–H and O–H groups in total. The Kier molecular flexibility index (Phi) is 4.29. The topological polar surface area (TPSA) is 98.4 Å². The van der Waals surface area contributed by atoms with Gasteiger partial charge in [0.15, 0.2) is 0 Å². The Morgan fingerprint density at radius 3 is 2.64 bits per heavy atom. The molecule has 0 amide bonds. The van der Waals surface area contributed by atoms with E-state index in [1.54, 1.807) is 0 Å². The molecule has 11 heteroatoms. The third-order valence-corrected chi connectivity index (χ3v) is 5.58. The Hall–Kier alpha value is -2.40. The highest BCUT2D eigenvalue weighted by Crippen LogP contribution is 2.33. The van der Waals surface area contributed by atoms with Gasteiger partial charge < -0.3 is 10.5 Å². The molecule has 0 aliphatic carbocycles. The monoisotopic (exact) mass is 374 g/mol. The maximum atomic E-state index is 12.8. The average molecular weight is 374 g/mol. The molecule has 134 valence electrons. The molecule has 1 aromatic heterocycles. The number of benzene rings is 1. The molecule has 0 radical (unpaired) electrons. The number of rotatable bonds is 3. The summed E-state index contributed by atoms with van der Waals surface area (Å²) in [5.74, 6) is -0.508. The van der Waals surface area contributed by atoms with Gasteiger partial charge >= 0.3 is 6.36 Å². The van der Waals surface area contributed by atoms with Crippen molar-refractivity contribution in [2.45, 2.75) is 24.2 Å². The quantitative estimate of drug-likeness (QED) is 0.878. The third-order valence-electron chi connectivity index (χ3n) is 3.70. The first-order chi connectivity index (χ1) is 11.7. The summed E-state index contributed by atoms with van der Waals surface area (Å²) in [6.07, 6.45) is -3.52. The number of sulfonamides is 1. The number of anilines is 1. The molecule has 3 rings (SSSR count). The summed E-state index contributed by atoms with van der Waals surface area (Å²) in [4.78, 5) is 7.30. The van der Waals surface area contributed by atoms with E-state index >= 15 is 0 Å². The van der Waals surface area contributed by atoms with Crippen LogP contribution >= 0.6 is 0 Å². The number of hydrogen-bond acceptors (Lipinski definition) is 6. The number of nitrogens with two attached hydrogens (primary N) is 1. The number of para-hydroxylation sites is 1. The zero-order valence-electron chi connectivity index (χ0n) is 12.7. The lowest BCUT2D eigenvalue weighted by molar-refractivity contribution is -0.275. The van der Waals surface area contributed by atoms with Crippen molar-refractivity contribution in [1.29, 1.82) is 0 Å². The molecule has 0 saturated carbocycles. The minimum Gasteiger partial charge on any atom is -0.404 e. The molecule has 0 spiro atoms. The van der Waals surface area contributed by atoms with Crippen LogP contribution in [-0.4, -0.2) is 35.6 Å². The predicted octanol–water partition coefficient (Wildman–Crippen LogP) is 1.70. The number of fused-ring (bicyclic) bond motifs is 1. The largest absolute Gasteiger partial charge is 0.573 e. The van der Waals surface area contributed by atoms with Crippen molar-refractivity contribution in [3.8, 4) is 5.75 Å². The van der Waals surface area contributed by atoms with E-state index in [4.69, 9.17) is 5.73 Å². The smallest absolute Gasteiger partial charge is 0.404 e. The fourth-order valence-corrected chi connectivity index (χ4v) is 4.09. The number of nitrogens with zero attached hydrogens (tertiary/aromatic N) is 3. The highest BCUT2D eigenvalue weighted by atomic mass is 32.2. The molecule has 0 saturated heterocycles. The van der Waals surface area contributed by atoms with Crippen LogP contribution in [0.5, 0.6) is 5.75 Å². The van der Waals surface area contributed by atoms with Crippen LogP contribution in [0.2, 0.25) is 0 Å². The molecule has 0 fully saturated rings. The molecular formula is C14H13F3N4O3S. The van der Waals surface area contributed by atoms with Crippen molar-refractivity contribution in [3.63, 3.8) is 0 Å².